The fourth-order valence-electron chi connectivity index (χ4n) is 0.844. The zero-order chi connectivity index (χ0) is 9.68. The van der Waals surface area contributed by atoms with Crippen LogP contribution in [-0.2, 0) is 0 Å². The molecule has 2 nitrogen and oxygen atoms in total. The van der Waals surface area contributed by atoms with E-state index >= 15 is 0 Å². The third kappa shape index (κ3) is 2.89. The van der Waals surface area contributed by atoms with E-state index in [2.05, 4.69) is 11.8 Å². The number of hydrogen-bond acceptors (Lipinski definition) is 2. The van der Waals surface area contributed by atoms with Gasteiger partial charge in [0.05, 0.1) is 5.69 Å². The van der Waals surface area contributed by atoms with Gasteiger partial charge in [0.2, 0.25) is 0 Å². The summed E-state index contributed by atoms with van der Waals surface area (Å²) in [5.74, 6) is 6.38. The van der Waals surface area contributed by atoms with Crippen molar-refractivity contribution in [2.45, 2.75) is 6.42 Å². The van der Waals surface area contributed by atoms with Crippen LogP contribution in [0.4, 0.5) is 5.69 Å². The lowest BCUT2D eigenvalue weighted by atomic mass is 10.2. The molecule has 0 aliphatic rings. The van der Waals surface area contributed by atoms with E-state index in [-0.39, 0.29) is 5.75 Å². The molecule has 0 fully saturated rings. The molecule has 0 spiro atoms. The molecule has 0 saturated heterocycles. The molecule has 1 aromatic rings. The number of rotatable bonds is 1. The van der Waals surface area contributed by atoms with Crippen molar-refractivity contribution in [3.05, 3.63) is 23.8 Å². The average molecular weight is 196 g/mol. The number of phenols is 1. The zero-order valence-corrected chi connectivity index (χ0v) is 7.80. The Hall–Kier alpha value is -1.33. The highest BCUT2D eigenvalue weighted by molar-refractivity contribution is 6.18. The molecule has 0 amide bonds. The zero-order valence-electron chi connectivity index (χ0n) is 7.05. The minimum Gasteiger partial charge on any atom is -0.506 e. The predicted octanol–water partition coefficient (Wildman–Crippen LogP) is 1.95. The summed E-state index contributed by atoms with van der Waals surface area (Å²) in [5, 5.41) is 9.12. The van der Waals surface area contributed by atoms with E-state index in [4.69, 9.17) is 22.4 Å². The highest BCUT2D eigenvalue weighted by atomic mass is 35.5. The molecule has 0 saturated carbocycles. The van der Waals surface area contributed by atoms with Crippen LogP contribution in [0.3, 0.4) is 0 Å². The smallest absolute Gasteiger partial charge is 0.138 e. The van der Waals surface area contributed by atoms with Crippen LogP contribution in [0, 0.1) is 11.8 Å². The van der Waals surface area contributed by atoms with E-state index in [9.17, 15) is 0 Å². The molecule has 0 aliphatic carbocycles. The molecule has 3 heteroatoms. The molecular weight excluding hydrogens is 186 g/mol. The van der Waals surface area contributed by atoms with Crippen molar-refractivity contribution in [1.29, 1.82) is 0 Å². The summed E-state index contributed by atoms with van der Waals surface area (Å²) in [5.41, 5.74) is 6.62. The van der Waals surface area contributed by atoms with Gasteiger partial charge in [-0.15, -0.1) is 11.6 Å². The normalized spacial score (nSPS) is 9.00. The molecule has 0 radical (unpaired) electrons. The Morgan fingerprint density at radius 1 is 1.46 bits per heavy atom. The van der Waals surface area contributed by atoms with Gasteiger partial charge in [-0.2, -0.15) is 0 Å². The Morgan fingerprint density at radius 2 is 2.23 bits per heavy atom. The van der Waals surface area contributed by atoms with E-state index in [0.717, 1.165) is 5.56 Å². The van der Waals surface area contributed by atoms with E-state index < -0.39 is 0 Å². The lowest BCUT2D eigenvalue weighted by Crippen LogP contribution is -1.86. The number of aromatic hydroxyl groups is 1. The summed E-state index contributed by atoms with van der Waals surface area (Å²) in [7, 11) is 0. The maximum atomic E-state index is 9.12. The first-order valence-electron chi connectivity index (χ1n) is 3.87. The first-order valence-corrected chi connectivity index (χ1v) is 4.41. The predicted molar refractivity (Wildman–Crippen MR) is 54.7 cm³/mol. The van der Waals surface area contributed by atoms with Gasteiger partial charge in [-0.3, -0.25) is 0 Å². The number of halogens is 1. The van der Waals surface area contributed by atoms with Crippen LogP contribution in [0.25, 0.3) is 0 Å². The lowest BCUT2D eigenvalue weighted by Gasteiger charge is -1.97. The Kier molecular flexibility index (Phi) is 3.48. The van der Waals surface area contributed by atoms with Gasteiger partial charge in [0.15, 0.2) is 0 Å². The topological polar surface area (TPSA) is 46.2 Å². The Balaban J connectivity index is 2.81. The second-order valence-electron chi connectivity index (χ2n) is 2.51. The van der Waals surface area contributed by atoms with Crippen LogP contribution >= 0.6 is 11.6 Å². The Morgan fingerprint density at radius 3 is 2.85 bits per heavy atom. The lowest BCUT2D eigenvalue weighted by molar-refractivity contribution is 0.478. The Bertz CT molecular complexity index is 352. The van der Waals surface area contributed by atoms with Gasteiger partial charge in [-0.05, 0) is 18.2 Å². The molecule has 0 atom stereocenters. The van der Waals surface area contributed by atoms with E-state index in [1.165, 1.54) is 6.07 Å². The molecule has 3 N–H and O–H groups in total. The number of phenolic OH excluding ortho intramolecular Hbond substituents is 1. The molecule has 0 bridgehead atoms. The fourth-order valence-corrected chi connectivity index (χ4v) is 0.939. The highest BCUT2D eigenvalue weighted by Gasteiger charge is 1.95. The van der Waals surface area contributed by atoms with E-state index in [1.54, 1.807) is 12.1 Å². The summed E-state index contributed by atoms with van der Waals surface area (Å²) in [6, 6.07) is 4.88. The molecule has 13 heavy (non-hydrogen) atoms. The molecular formula is C10H10ClNO. The van der Waals surface area contributed by atoms with Gasteiger partial charge in [0.25, 0.3) is 0 Å². The SMILES string of the molecule is Nc1cc(C#CCCCl)ccc1O. The summed E-state index contributed by atoms with van der Waals surface area (Å²) in [6.07, 6.45) is 0.655. The van der Waals surface area contributed by atoms with Crippen LogP contribution < -0.4 is 5.73 Å². The maximum absolute atomic E-state index is 9.12. The molecule has 0 unspecified atom stereocenters. The van der Waals surface area contributed by atoms with Crippen molar-refractivity contribution in [2.75, 3.05) is 11.6 Å². The van der Waals surface area contributed by atoms with Gasteiger partial charge >= 0.3 is 0 Å². The fraction of sp³-hybridized carbons (Fsp3) is 0.200. The van der Waals surface area contributed by atoms with Crippen molar-refractivity contribution in [3.8, 4) is 17.6 Å². The Labute approximate surface area is 82.3 Å². The summed E-state index contributed by atoms with van der Waals surface area (Å²) < 4.78 is 0. The molecule has 1 aromatic carbocycles. The standard InChI is InChI=1S/C10H10ClNO/c11-6-2-1-3-8-4-5-10(13)9(12)7-8/h4-5,7,13H,2,6,12H2. The van der Waals surface area contributed by atoms with Crippen molar-refractivity contribution in [1.82, 2.24) is 0 Å². The van der Waals surface area contributed by atoms with Gasteiger partial charge in [0.1, 0.15) is 5.75 Å². The van der Waals surface area contributed by atoms with Crippen molar-refractivity contribution >= 4 is 17.3 Å². The number of nitrogens with two attached hydrogens (primary N) is 1. The highest BCUT2D eigenvalue weighted by Crippen LogP contribution is 2.19. The molecule has 0 aliphatic heterocycles. The first-order chi connectivity index (χ1) is 6.24. The first kappa shape index (κ1) is 9.76. The summed E-state index contributed by atoms with van der Waals surface area (Å²) >= 11 is 5.46. The van der Waals surface area contributed by atoms with Gasteiger partial charge in [-0.1, -0.05) is 11.8 Å². The van der Waals surface area contributed by atoms with Gasteiger partial charge < -0.3 is 10.8 Å². The average Bonchev–Trinajstić information content (AvgIpc) is 2.12. The second-order valence-corrected chi connectivity index (χ2v) is 2.89. The number of alkyl halides is 1. The summed E-state index contributed by atoms with van der Waals surface area (Å²) in [6.45, 7) is 0. The van der Waals surface area contributed by atoms with Crippen LogP contribution in [0.15, 0.2) is 18.2 Å². The van der Waals surface area contributed by atoms with Crippen molar-refractivity contribution in [2.24, 2.45) is 0 Å². The van der Waals surface area contributed by atoms with E-state index in [0.29, 0.717) is 18.0 Å². The van der Waals surface area contributed by atoms with Crippen molar-refractivity contribution in [3.63, 3.8) is 0 Å². The van der Waals surface area contributed by atoms with E-state index in [1.807, 2.05) is 0 Å². The van der Waals surface area contributed by atoms with Gasteiger partial charge in [-0.25, -0.2) is 0 Å². The van der Waals surface area contributed by atoms with Crippen LogP contribution in [0.5, 0.6) is 5.75 Å². The summed E-state index contributed by atoms with van der Waals surface area (Å²) in [4.78, 5) is 0. The molecule has 68 valence electrons. The maximum Gasteiger partial charge on any atom is 0.138 e. The van der Waals surface area contributed by atoms with Gasteiger partial charge in [0, 0.05) is 17.9 Å². The monoisotopic (exact) mass is 195 g/mol. The van der Waals surface area contributed by atoms with Crippen LogP contribution in [0.2, 0.25) is 0 Å². The number of benzene rings is 1. The minimum atomic E-state index is 0.0860. The van der Waals surface area contributed by atoms with Crippen molar-refractivity contribution < 1.29 is 5.11 Å². The number of hydrogen-bond donors (Lipinski definition) is 2. The molecule has 0 aromatic heterocycles. The molecule has 1 rings (SSSR count). The molecule has 0 heterocycles. The quantitative estimate of drug-likeness (QED) is 0.312. The number of anilines is 1. The second kappa shape index (κ2) is 4.64. The largest absolute Gasteiger partial charge is 0.506 e. The number of nitrogen functional groups attached to an aromatic ring is 1. The van der Waals surface area contributed by atoms with Crippen LogP contribution in [-0.4, -0.2) is 11.0 Å². The third-order valence-electron chi connectivity index (χ3n) is 1.48. The third-order valence-corrected chi connectivity index (χ3v) is 1.67. The minimum absolute atomic E-state index is 0.0860. The van der Waals surface area contributed by atoms with Crippen LogP contribution in [0.1, 0.15) is 12.0 Å².